The van der Waals surface area contributed by atoms with E-state index in [2.05, 4.69) is 54.5 Å². The highest BCUT2D eigenvalue weighted by molar-refractivity contribution is 5.76. The van der Waals surface area contributed by atoms with Crippen molar-refractivity contribution < 1.29 is 25.2 Å². The first-order chi connectivity index (χ1) is 15.9. The third-order valence-electron chi connectivity index (χ3n) is 13.2. The summed E-state index contributed by atoms with van der Waals surface area (Å²) in [5, 5.41) is 45.1. The molecule has 4 N–H and O–H groups in total. The maximum Gasteiger partial charge on any atom is 0.310 e. The standard InChI is InChI=1S/C30H48O5/c1-24(2)12-14-29(23(33)34)15-13-28(7)27(6)10-8-19-25(3,4)22(32)18(31)16-26(19,5)20(27)9-11-30(28,35)21(29)17-24/h9,11,18-22,31-32,35H,8,10,12-17H2,1-7H3,(H,33,34)/t18-,19?,20-,21?,22+,26+,27-,28+,29+,30+/m1/s1. The fraction of sp³-hybridized carbons (Fsp3) is 0.900. The summed E-state index contributed by atoms with van der Waals surface area (Å²) in [6, 6.07) is 0. The van der Waals surface area contributed by atoms with Crippen molar-refractivity contribution in [3.8, 4) is 0 Å². The lowest BCUT2D eigenvalue weighted by atomic mass is 9.31. The molecule has 5 aliphatic carbocycles. The van der Waals surface area contributed by atoms with Crippen LogP contribution in [-0.2, 0) is 4.79 Å². The molecule has 5 aliphatic rings. The van der Waals surface area contributed by atoms with Crippen LogP contribution in [0.1, 0.15) is 99.8 Å². The van der Waals surface area contributed by atoms with Gasteiger partial charge in [-0.25, -0.2) is 0 Å². The van der Waals surface area contributed by atoms with Crippen LogP contribution in [0.2, 0.25) is 0 Å². The first kappa shape index (κ1) is 25.7. The summed E-state index contributed by atoms with van der Waals surface area (Å²) in [5.41, 5.74) is -3.34. The van der Waals surface area contributed by atoms with Gasteiger partial charge in [0.2, 0.25) is 0 Å². The Balaban J connectivity index is 1.65. The molecule has 0 aromatic heterocycles. The fourth-order valence-corrected chi connectivity index (χ4v) is 10.8. The Morgan fingerprint density at radius 1 is 0.857 bits per heavy atom. The number of allylic oxidation sites excluding steroid dienone is 1. The molecule has 0 spiro atoms. The maximum atomic E-state index is 12.8. The van der Waals surface area contributed by atoms with Crippen molar-refractivity contribution in [3.05, 3.63) is 12.2 Å². The van der Waals surface area contributed by atoms with Gasteiger partial charge in [0.1, 0.15) is 0 Å². The largest absolute Gasteiger partial charge is 0.481 e. The zero-order valence-electron chi connectivity index (χ0n) is 22.9. The van der Waals surface area contributed by atoms with Crippen molar-refractivity contribution in [1.82, 2.24) is 0 Å². The highest BCUT2D eigenvalue weighted by Gasteiger charge is 2.75. The topological polar surface area (TPSA) is 98.0 Å². The number of carboxylic acids is 1. The van der Waals surface area contributed by atoms with Crippen LogP contribution < -0.4 is 0 Å². The zero-order chi connectivity index (χ0) is 26.0. The number of fused-ring (bicyclic) bond motifs is 7. The van der Waals surface area contributed by atoms with Gasteiger partial charge in [0.25, 0.3) is 0 Å². The molecule has 0 bridgehead atoms. The molecule has 0 heterocycles. The molecule has 2 unspecified atom stereocenters. The quantitative estimate of drug-likeness (QED) is 0.382. The molecule has 5 nitrogen and oxygen atoms in total. The molecule has 5 rings (SSSR count). The Labute approximate surface area is 211 Å². The number of rotatable bonds is 1. The lowest BCUT2D eigenvalue weighted by Gasteiger charge is -2.73. The Hall–Kier alpha value is -0.910. The third-order valence-corrected chi connectivity index (χ3v) is 13.2. The lowest BCUT2D eigenvalue weighted by molar-refractivity contribution is -0.278. The molecule has 4 fully saturated rings. The van der Waals surface area contributed by atoms with E-state index in [9.17, 15) is 25.2 Å². The first-order valence-corrected chi connectivity index (χ1v) is 13.9. The number of hydrogen-bond donors (Lipinski definition) is 4. The number of carboxylic acid groups (broad SMARTS) is 1. The predicted molar refractivity (Wildman–Crippen MR) is 135 cm³/mol. The van der Waals surface area contributed by atoms with Crippen LogP contribution in [0.5, 0.6) is 0 Å². The lowest BCUT2D eigenvalue weighted by Crippen LogP contribution is -2.73. The summed E-state index contributed by atoms with van der Waals surface area (Å²) in [7, 11) is 0. The van der Waals surface area contributed by atoms with Gasteiger partial charge in [0, 0.05) is 11.3 Å². The smallest absolute Gasteiger partial charge is 0.310 e. The van der Waals surface area contributed by atoms with E-state index in [4.69, 9.17) is 0 Å². The number of hydrogen-bond acceptors (Lipinski definition) is 4. The predicted octanol–water partition coefficient (Wildman–Crippen LogP) is 5.18. The first-order valence-electron chi connectivity index (χ1n) is 13.9. The summed E-state index contributed by atoms with van der Waals surface area (Å²) in [4.78, 5) is 12.8. The number of aliphatic carboxylic acids is 1. The van der Waals surface area contributed by atoms with E-state index in [0.717, 1.165) is 19.3 Å². The average molecular weight is 489 g/mol. The van der Waals surface area contributed by atoms with Gasteiger partial charge < -0.3 is 20.4 Å². The summed E-state index contributed by atoms with van der Waals surface area (Å²) < 4.78 is 0. The molecular formula is C30H48O5. The Bertz CT molecular complexity index is 954. The van der Waals surface area contributed by atoms with Crippen molar-refractivity contribution in [2.24, 2.45) is 50.2 Å². The molecule has 4 saturated carbocycles. The zero-order valence-corrected chi connectivity index (χ0v) is 22.9. The Morgan fingerprint density at radius 3 is 2.11 bits per heavy atom. The normalized spacial score (nSPS) is 56.2. The highest BCUT2D eigenvalue weighted by Crippen LogP contribution is 2.76. The van der Waals surface area contributed by atoms with Gasteiger partial charge >= 0.3 is 5.97 Å². The second-order valence-corrected chi connectivity index (χ2v) is 15.4. The molecular weight excluding hydrogens is 440 g/mol. The fourth-order valence-electron chi connectivity index (χ4n) is 10.8. The van der Waals surface area contributed by atoms with E-state index in [1.165, 1.54) is 0 Å². The highest BCUT2D eigenvalue weighted by atomic mass is 16.4. The minimum Gasteiger partial charge on any atom is -0.481 e. The molecule has 0 aliphatic heterocycles. The summed E-state index contributed by atoms with van der Waals surface area (Å²) >= 11 is 0. The van der Waals surface area contributed by atoms with Crippen molar-refractivity contribution in [1.29, 1.82) is 0 Å². The summed E-state index contributed by atoms with van der Waals surface area (Å²) in [6.45, 7) is 15.5. The van der Waals surface area contributed by atoms with Gasteiger partial charge in [0.05, 0.1) is 23.2 Å². The summed E-state index contributed by atoms with van der Waals surface area (Å²) in [6.07, 6.45) is 8.69. The van der Waals surface area contributed by atoms with E-state index in [1.807, 2.05) is 6.08 Å². The number of aliphatic hydroxyl groups excluding tert-OH is 2. The average Bonchev–Trinajstić information content (AvgIpc) is 2.73. The van der Waals surface area contributed by atoms with Crippen molar-refractivity contribution >= 4 is 5.97 Å². The van der Waals surface area contributed by atoms with Crippen LogP contribution >= 0.6 is 0 Å². The molecule has 0 saturated heterocycles. The second-order valence-electron chi connectivity index (χ2n) is 15.4. The summed E-state index contributed by atoms with van der Waals surface area (Å²) in [5.74, 6) is -0.642. The van der Waals surface area contributed by atoms with Crippen LogP contribution in [0.3, 0.4) is 0 Å². The molecule has 0 amide bonds. The molecule has 0 aromatic rings. The van der Waals surface area contributed by atoms with E-state index in [0.29, 0.717) is 32.1 Å². The van der Waals surface area contributed by atoms with Crippen LogP contribution in [0.15, 0.2) is 12.2 Å². The Morgan fingerprint density at radius 2 is 1.49 bits per heavy atom. The van der Waals surface area contributed by atoms with E-state index < -0.39 is 40.0 Å². The van der Waals surface area contributed by atoms with Crippen LogP contribution in [0.25, 0.3) is 0 Å². The second kappa shape index (κ2) is 7.14. The van der Waals surface area contributed by atoms with Gasteiger partial charge in [-0.05, 0) is 84.9 Å². The molecule has 5 heteroatoms. The Kier molecular flexibility index (Phi) is 5.25. The third kappa shape index (κ3) is 2.90. The molecule has 0 radical (unpaired) electrons. The number of aliphatic hydroxyl groups is 3. The van der Waals surface area contributed by atoms with Crippen LogP contribution in [0, 0.1) is 50.2 Å². The maximum absolute atomic E-state index is 12.8. The molecule has 0 aromatic carbocycles. The minimum absolute atomic E-state index is 0.000468. The van der Waals surface area contributed by atoms with Crippen LogP contribution in [-0.4, -0.2) is 44.2 Å². The van der Waals surface area contributed by atoms with Crippen molar-refractivity contribution in [3.63, 3.8) is 0 Å². The van der Waals surface area contributed by atoms with Crippen molar-refractivity contribution in [2.45, 2.75) is 118 Å². The van der Waals surface area contributed by atoms with Crippen LogP contribution in [0.4, 0.5) is 0 Å². The van der Waals surface area contributed by atoms with E-state index >= 15 is 0 Å². The van der Waals surface area contributed by atoms with Gasteiger partial charge in [0.15, 0.2) is 0 Å². The SMILES string of the molecule is CC1(C)CC[C@]2(C(=O)O)CC[C@]3(C)[C@](O)(C=C[C@@H]4[C@@]5(C)C[C@@H](O)[C@H](O)C(C)(C)C5CC[C@]43C)C2C1. The van der Waals surface area contributed by atoms with E-state index in [-0.39, 0.29) is 34.0 Å². The minimum atomic E-state index is -1.18. The van der Waals surface area contributed by atoms with Gasteiger partial charge in [-0.3, -0.25) is 4.79 Å². The number of carbonyl (C=O) groups is 1. The monoisotopic (exact) mass is 488 g/mol. The molecule has 10 atom stereocenters. The van der Waals surface area contributed by atoms with Crippen molar-refractivity contribution in [2.75, 3.05) is 0 Å². The van der Waals surface area contributed by atoms with E-state index in [1.54, 1.807) is 0 Å². The molecule has 198 valence electrons. The van der Waals surface area contributed by atoms with Gasteiger partial charge in [-0.2, -0.15) is 0 Å². The van der Waals surface area contributed by atoms with Gasteiger partial charge in [-0.1, -0.05) is 60.6 Å². The van der Waals surface area contributed by atoms with Gasteiger partial charge in [-0.15, -0.1) is 0 Å². The molecule has 35 heavy (non-hydrogen) atoms.